The zero-order chi connectivity index (χ0) is 24.0. The molecule has 2 aromatic carbocycles. The number of nitro groups is 1. The van der Waals surface area contributed by atoms with Crippen molar-refractivity contribution in [3.05, 3.63) is 67.7 Å². The summed E-state index contributed by atoms with van der Waals surface area (Å²) in [5.74, 6) is -1.61. The number of non-ortho nitro benzene ring substituents is 1. The first-order valence-electron chi connectivity index (χ1n) is 9.94. The van der Waals surface area contributed by atoms with Gasteiger partial charge in [0.1, 0.15) is 5.82 Å². The number of hydrogen-bond acceptors (Lipinski definition) is 7. The maximum atomic E-state index is 14.0. The van der Waals surface area contributed by atoms with Gasteiger partial charge in [-0.05, 0) is 37.6 Å². The summed E-state index contributed by atoms with van der Waals surface area (Å²) >= 11 is 7.02. The van der Waals surface area contributed by atoms with Crippen LogP contribution in [0.2, 0.25) is 5.02 Å². The van der Waals surface area contributed by atoms with Crippen LogP contribution in [0.25, 0.3) is 10.9 Å². The quantitative estimate of drug-likeness (QED) is 0.147. The number of amides is 1. The zero-order valence-corrected chi connectivity index (χ0v) is 19.1. The molecule has 9 nitrogen and oxygen atoms in total. The number of ether oxygens (including phenoxy) is 1. The minimum Gasteiger partial charge on any atom is -0.382 e. The number of nitrogens with one attached hydrogen (secondary N) is 1. The number of nitrogens with zero attached hydrogens (tertiary/aromatic N) is 3. The van der Waals surface area contributed by atoms with E-state index < -0.39 is 16.6 Å². The number of anilines is 1. The highest BCUT2D eigenvalue weighted by Crippen LogP contribution is 2.23. The normalized spacial score (nSPS) is 11.0. The Labute approximate surface area is 197 Å². The molecule has 0 fully saturated rings. The number of fused-ring (bicyclic) bond motifs is 1. The first-order valence-corrected chi connectivity index (χ1v) is 11.3. The van der Waals surface area contributed by atoms with E-state index in [2.05, 4.69) is 10.3 Å². The molecule has 3 rings (SSSR count). The Bertz CT molecular complexity index is 1250. The third-order valence-corrected chi connectivity index (χ3v) is 5.74. The second kappa shape index (κ2) is 11.2. The summed E-state index contributed by atoms with van der Waals surface area (Å²) in [7, 11) is 0. The van der Waals surface area contributed by atoms with E-state index in [0.717, 1.165) is 30.0 Å². The third kappa shape index (κ3) is 6.28. The first kappa shape index (κ1) is 24.6. The highest BCUT2D eigenvalue weighted by atomic mass is 35.5. The number of rotatable bonds is 10. The van der Waals surface area contributed by atoms with Crippen molar-refractivity contribution in [1.29, 1.82) is 0 Å². The van der Waals surface area contributed by atoms with Gasteiger partial charge >= 0.3 is 0 Å². The van der Waals surface area contributed by atoms with Crippen molar-refractivity contribution < 1.29 is 18.8 Å². The lowest BCUT2D eigenvalue weighted by atomic mass is 10.2. The molecule has 1 amide bonds. The summed E-state index contributed by atoms with van der Waals surface area (Å²) in [6.07, 6.45) is 0.563. The second-order valence-electron chi connectivity index (χ2n) is 6.82. The summed E-state index contributed by atoms with van der Waals surface area (Å²) in [5, 5.41) is 14.3. The van der Waals surface area contributed by atoms with Crippen LogP contribution in [0.1, 0.15) is 13.3 Å². The number of thioether (sulfide) groups is 1. The molecular formula is C21H20ClFN4O5S. The van der Waals surface area contributed by atoms with Crippen LogP contribution in [0.3, 0.4) is 0 Å². The SMILES string of the molecule is CCOCCCn1c(SCC(=O)Nc2cc([N+](=O)[O-])ccc2F)nc2cc(Cl)ccc2c1=O. The van der Waals surface area contributed by atoms with Gasteiger partial charge in [-0.25, -0.2) is 9.37 Å². The van der Waals surface area contributed by atoms with Crippen LogP contribution in [-0.4, -0.2) is 39.3 Å². The highest BCUT2D eigenvalue weighted by molar-refractivity contribution is 7.99. The van der Waals surface area contributed by atoms with Gasteiger partial charge in [-0.3, -0.25) is 24.3 Å². The average molecular weight is 495 g/mol. The monoisotopic (exact) mass is 494 g/mol. The Morgan fingerprint density at radius 1 is 1.33 bits per heavy atom. The Kier molecular flexibility index (Phi) is 8.37. The number of aromatic nitrogens is 2. The van der Waals surface area contributed by atoms with Crippen LogP contribution in [-0.2, 0) is 16.1 Å². The standard InChI is InChI=1S/C21H20ClFN4O5S/c1-2-32-9-3-8-26-20(29)15-6-4-13(22)10-17(15)25-21(26)33-12-19(28)24-18-11-14(27(30)31)5-7-16(18)23/h4-7,10-11H,2-3,8-9,12H2,1H3,(H,24,28). The summed E-state index contributed by atoms with van der Waals surface area (Å²) in [4.78, 5) is 40.1. The van der Waals surface area contributed by atoms with Gasteiger partial charge in [0.05, 0.1) is 27.3 Å². The Morgan fingerprint density at radius 2 is 2.12 bits per heavy atom. The van der Waals surface area contributed by atoms with E-state index in [1.165, 1.54) is 4.57 Å². The first-order chi connectivity index (χ1) is 15.8. The molecule has 33 heavy (non-hydrogen) atoms. The number of hydrogen-bond donors (Lipinski definition) is 1. The molecule has 12 heteroatoms. The van der Waals surface area contributed by atoms with Gasteiger partial charge in [0, 0.05) is 36.9 Å². The molecule has 0 radical (unpaired) electrons. The molecular weight excluding hydrogens is 475 g/mol. The van der Waals surface area contributed by atoms with Crippen LogP contribution in [0.4, 0.5) is 15.8 Å². The predicted octanol–water partition coefficient (Wildman–Crippen LogP) is 4.25. The fourth-order valence-corrected chi connectivity index (χ4v) is 3.98. The van der Waals surface area contributed by atoms with Gasteiger partial charge in [-0.2, -0.15) is 0 Å². The van der Waals surface area contributed by atoms with E-state index in [4.69, 9.17) is 16.3 Å². The van der Waals surface area contributed by atoms with Gasteiger partial charge in [0.2, 0.25) is 5.91 Å². The van der Waals surface area contributed by atoms with Crippen molar-refractivity contribution in [2.24, 2.45) is 0 Å². The summed E-state index contributed by atoms with van der Waals surface area (Å²) in [5.41, 5.74) is -0.542. The van der Waals surface area contributed by atoms with Gasteiger partial charge in [-0.15, -0.1) is 0 Å². The summed E-state index contributed by atoms with van der Waals surface area (Å²) in [6, 6.07) is 7.61. The average Bonchev–Trinajstić information content (AvgIpc) is 2.77. The lowest BCUT2D eigenvalue weighted by Gasteiger charge is -2.13. The van der Waals surface area contributed by atoms with E-state index in [1.807, 2.05) is 6.92 Å². The lowest BCUT2D eigenvalue weighted by Crippen LogP contribution is -2.25. The predicted molar refractivity (Wildman–Crippen MR) is 125 cm³/mol. The lowest BCUT2D eigenvalue weighted by molar-refractivity contribution is -0.384. The molecule has 3 aromatic rings. The van der Waals surface area contributed by atoms with Crippen molar-refractivity contribution in [1.82, 2.24) is 9.55 Å². The van der Waals surface area contributed by atoms with Crippen LogP contribution in [0.5, 0.6) is 0 Å². The number of carbonyl (C=O) groups is 1. The van der Waals surface area contributed by atoms with Crippen molar-refractivity contribution in [2.45, 2.75) is 25.0 Å². The number of benzene rings is 2. The number of carbonyl (C=O) groups excluding carboxylic acids is 1. The second-order valence-corrected chi connectivity index (χ2v) is 8.20. The maximum absolute atomic E-state index is 14.0. The topological polar surface area (TPSA) is 116 Å². The molecule has 0 aliphatic rings. The smallest absolute Gasteiger partial charge is 0.271 e. The molecule has 0 bridgehead atoms. The van der Waals surface area contributed by atoms with Crippen molar-refractivity contribution in [3.63, 3.8) is 0 Å². The maximum Gasteiger partial charge on any atom is 0.271 e. The molecule has 1 aromatic heterocycles. The molecule has 1 heterocycles. The molecule has 0 spiro atoms. The van der Waals surface area contributed by atoms with Crippen molar-refractivity contribution in [3.8, 4) is 0 Å². The minimum absolute atomic E-state index is 0.202. The molecule has 0 saturated heterocycles. The van der Waals surface area contributed by atoms with Crippen LogP contribution < -0.4 is 10.9 Å². The molecule has 0 aliphatic carbocycles. The number of nitro benzene ring substituents is 1. The molecule has 0 unspecified atom stereocenters. The molecule has 0 saturated carbocycles. The molecule has 0 aliphatic heterocycles. The van der Waals surface area contributed by atoms with E-state index in [-0.39, 0.29) is 22.7 Å². The fraction of sp³-hybridized carbons (Fsp3) is 0.286. The number of halogens is 2. The minimum atomic E-state index is -0.801. The molecule has 1 N–H and O–H groups in total. The zero-order valence-electron chi connectivity index (χ0n) is 17.5. The highest BCUT2D eigenvalue weighted by Gasteiger charge is 2.16. The van der Waals surface area contributed by atoms with E-state index in [9.17, 15) is 24.1 Å². The summed E-state index contributed by atoms with van der Waals surface area (Å²) in [6.45, 7) is 3.21. The van der Waals surface area contributed by atoms with Crippen LogP contribution in [0, 0.1) is 15.9 Å². The van der Waals surface area contributed by atoms with Crippen molar-refractivity contribution >= 4 is 51.5 Å². The molecule has 0 atom stereocenters. The Morgan fingerprint density at radius 3 is 2.85 bits per heavy atom. The van der Waals surface area contributed by atoms with Gasteiger partial charge in [0.25, 0.3) is 11.2 Å². The van der Waals surface area contributed by atoms with Gasteiger partial charge < -0.3 is 10.1 Å². The van der Waals surface area contributed by atoms with Gasteiger partial charge in [-0.1, -0.05) is 23.4 Å². The Hall–Kier alpha value is -3.02. The van der Waals surface area contributed by atoms with Gasteiger partial charge in [0.15, 0.2) is 5.16 Å². The molecule has 174 valence electrons. The largest absolute Gasteiger partial charge is 0.382 e. The van der Waals surface area contributed by atoms with E-state index in [0.29, 0.717) is 47.3 Å². The fourth-order valence-electron chi connectivity index (χ4n) is 2.99. The summed E-state index contributed by atoms with van der Waals surface area (Å²) < 4.78 is 20.8. The van der Waals surface area contributed by atoms with Crippen LogP contribution in [0.15, 0.2) is 46.3 Å². The third-order valence-electron chi connectivity index (χ3n) is 4.52. The van der Waals surface area contributed by atoms with E-state index in [1.54, 1.807) is 18.2 Å². The van der Waals surface area contributed by atoms with Crippen molar-refractivity contribution in [2.75, 3.05) is 24.3 Å². The van der Waals surface area contributed by atoms with Crippen LogP contribution >= 0.6 is 23.4 Å². The Balaban J connectivity index is 1.82. The van der Waals surface area contributed by atoms with E-state index >= 15 is 0 Å².